The Balaban J connectivity index is 1.89. The van der Waals surface area contributed by atoms with Gasteiger partial charge in [-0.3, -0.25) is 15.0 Å². The average Bonchev–Trinajstić information content (AvgIpc) is 2.78. The van der Waals surface area contributed by atoms with Crippen LogP contribution >= 0.6 is 11.3 Å². The molecular formula is C11H17N3O3S. The van der Waals surface area contributed by atoms with Gasteiger partial charge in [0.2, 0.25) is 0 Å². The molecule has 7 heteroatoms. The van der Waals surface area contributed by atoms with Crippen molar-refractivity contribution in [3.8, 4) is 0 Å². The normalized spacial score (nSPS) is 21.1. The van der Waals surface area contributed by atoms with Gasteiger partial charge in [-0.2, -0.15) is 0 Å². The van der Waals surface area contributed by atoms with Crippen molar-refractivity contribution in [3.63, 3.8) is 0 Å². The minimum atomic E-state index is -0.336. The Labute approximate surface area is 110 Å². The van der Waals surface area contributed by atoms with Gasteiger partial charge in [-0.05, 0) is 12.6 Å². The quantitative estimate of drug-likeness (QED) is 0.641. The molecule has 0 bridgehead atoms. The first-order valence-corrected chi connectivity index (χ1v) is 6.77. The summed E-state index contributed by atoms with van der Waals surface area (Å²) in [5, 5.41) is 15.8. The van der Waals surface area contributed by atoms with Crippen molar-refractivity contribution in [1.82, 2.24) is 10.2 Å². The zero-order valence-electron chi connectivity index (χ0n) is 10.3. The second-order valence-corrected chi connectivity index (χ2v) is 5.23. The highest BCUT2D eigenvalue weighted by atomic mass is 32.1. The molecule has 1 N–H and O–H groups in total. The van der Waals surface area contributed by atoms with Crippen molar-refractivity contribution in [2.45, 2.75) is 12.6 Å². The number of morpholine rings is 1. The summed E-state index contributed by atoms with van der Waals surface area (Å²) >= 11 is 1.19. The van der Waals surface area contributed by atoms with Crippen molar-refractivity contribution in [2.24, 2.45) is 0 Å². The van der Waals surface area contributed by atoms with E-state index in [-0.39, 0.29) is 16.0 Å². The van der Waals surface area contributed by atoms with Gasteiger partial charge in [0.05, 0.1) is 17.6 Å². The maximum atomic E-state index is 10.6. The minimum absolute atomic E-state index is 0.206. The summed E-state index contributed by atoms with van der Waals surface area (Å²) in [6.45, 7) is 4.06. The minimum Gasteiger partial charge on any atom is -0.374 e. The van der Waals surface area contributed by atoms with E-state index in [1.54, 1.807) is 6.07 Å². The predicted octanol–water partition coefficient (Wildman–Crippen LogP) is 1.08. The number of hydrogen-bond acceptors (Lipinski definition) is 6. The van der Waals surface area contributed by atoms with Crippen molar-refractivity contribution < 1.29 is 9.66 Å². The van der Waals surface area contributed by atoms with Gasteiger partial charge in [0.15, 0.2) is 0 Å². The zero-order valence-corrected chi connectivity index (χ0v) is 11.1. The molecule has 1 atom stereocenters. The van der Waals surface area contributed by atoms with Crippen LogP contribution in [0.2, 0.25) is 0 Å². The van der Waals surface area contributed by atoms with Crippen LogP contribution in [0.25, 0.3) is 0 Å². The van der Waals surface area contributed by atoms with Gasteiger partial charge >= 0.3 is 5.00 Å². The summed E-state index contributed by atoms with van der Waals surface area (Å²) < 4.78 is 5.62. The molecule has 1 fully saturated rings. The highest BCUT2D eigenvalue weighted by molar-refractivity contribution is 7.13. The third-order valence-electron chi connectivity index (χ3n) is 2.88. The van der Waals surface area contributed by atoms with Crippen LogP contribution in [-0.4, -0.2) is 49.2 Å². The van der Waals surface area contributed by atoms with Gasteiger partial charge in [-0.25, -0.2) is 0 Å². The van der Waals surface area contributed by atoms with Gasteiger partial charge in [-0.15, -0.1) is 0 Å². The lowest BCUT2D eigenvalue weighted by Crippen LogP contribution is -2.45. The Hall–Kier alpha value is -1.02. The van der Waals surface area contributed by atoms with Crippen LogP contribution in [0.3, 0.4) is 0 Å². The van der Waals surface area contributed by atoms with Crippen molar-refractivity contribution in [2.75, 3.05) is 33.3 Å². The van der Waals surface area contributed by atoms with Gasteiger partial charge in [0.25, 0.3) is 0 Å². The van der Waals surface area contributed by atoms with E-state index in [2.05, 4.69) is 10.2 Å². The molecule has 1 saturated heterocycles. The monoisotopic (exact) mass is 271 g/mol. The van der Waals surface area contributed by atoms with Gasteiger partial charge in [0.1, 0.15) is 0 Å². The van der Waals surface area contributed by atoms with Crippen LogP contribution in [0.15, 0.2) is 11.4 Å². The maximum Gasteiger partial charge on any atom is 0.324 e. The topological polar surface area (TPSA) is 67.6 Å². The second-order valence-electron chi connectivity index (χ2n) is 4.34. The fourth-order valence-electron chi connectivity index (χ4n) is 2.07. The highest BCUT2D eigenvalue weighted by Gasteiger charge is 2.20. The van der Waals surface area contributed by atoms with Crippen LogP contribution in [0.4, 0.5) is 5.00 Å². The average molecular weight is 271 g/mol. The fourth-order valence-corrected chi connectivity index (χ4v) is 2.79. The van der Waals surface area contributed by atoms with E-state index < -0.39 is 0 Å². The van der Waals surface area contributed by atoms with Crippen molar-refractivity contribution in [3.05, 3.63) is 27.1 Å². The summed E-state index contributed by atoms with van der Waals surface area (Å²) in [7, 11) is 1.91. The number of ether oxygens (including phenoxy) is 1. The zero-order chi connectivity index (χ0) is 13.0. The molecule has 1 aromatic heterocycles. The van der Waals surface area contributed by atoms with Crippen LogP contribution in [0.5, 0.6) is 0 Å². The fraction of sp³-hybridized carbons (Fsp3) is 0.636. The van der Waals surface area contributed by atoms with Gasteiger partial charge in [-0.1, -0.05) is 11.3 Å². The summed E-state index contributed by atoms with van der Waals surface area (Å²) in [4.78, 5) is 12.6. The largest absolute Gasteiger partial charge is 0.374 e. The molecule has 0 radical (unpaired) electrons. The lowest BCUT2D eigenvalue weighted by molar-refractivity contribution is -0.380. The van der Waals surface area contributed by atoms with E-state index in [1.807, 2.05) is 12.4 Å². The summed E-state index contributed by atoms with van der Waals surface area (Å²) in [5.41, 5.74) is 1.01. The molecule has 18 heavy (non-hydrogen) atoms. The number of thiophene rings is 1. The maximum absolute atomic E-state index is 10.6. The van der Waals surface area contributed by atoms with Crippen LogP contribution in [0.1, 0.15) is 5.56 Å². The Morgan fingerprint density at radius 3 is 3.22 bits per heavy atom. The molecule has 1 aliphatic rings. The second kappa shape index (κ2) is 6.24. The number of rotatable bonds is 5. The van der Waals surface area contributed by atoms with E-state index in [1.165, 1.54) is 11.3 Å². The van der Waals surface area contributed by atoms with Crippen molar-refractivity contribution in [1.29, 1.82) is 0 Å². The number of hydrogen-bond donors (Lipinski definition) is 1. The molecule has 2 heterocycles. The number of nitrogens with one attached hydrogen (secondary N) is 1. The van der Waals surface area contributed by atoms with Crippen LogP contribution in [0, 0.1) is 10.1 Å². The molecule has 1 aliphatic heterocycles. The summed E-state index contributed by atoms with van der Waals surface area (Å²) in [6.07, 6.45) is 0.206. The van der Waals surface area contributed by atoms with E-state index in [9.17, 15) is 10.1 Å². The predicted molar refractivity (Wildman–Crippen MR) is 69.9 cm³/mol. The van der Waals surface area contributed by atoms with Gasteiger partial charge < -0.3 is 10.1 Å². The van der Waals surface area contributed by atoms with E-state index in [4.69, 9.17) is 4.74 Å². The third kappa shape index (κ3) is 3.49. The van der Waals surface area contributed by atoms with Crippen LogP contribution in [-0.2, 0) is 11.3 Å². The molecule has 6 nitrogen and oxygen atoms in total. The number of nitrogens with zero attached hydrogens (tertiary/aromatic N) is 2. The molecule has 2 rings (SSSR count). The molecule has 0 spiro atoms. The molecule has 100 valence electrons. The lowest BCUT2D eigenvalue weighted by atomic mass is 10.2. The Kier molecular flexibility index (Phi) is 4.65. The Bertz CT molecular complexity index is 408. The molecule has 1 aromatic rings. The molecular weight excluding hydrogens is 254 g/mol. The number of likely N-dealkylation sites (N-methyl/N-ethyl adjacent to an activating group) is 1. The third-order valence-corrected chi connectivity index (χ3v) is 3.81. The summed E-state index contributed by atoms with van der Waals surface area (Å²) in [5.74, 6) is 0. The molecule has 0 aliphatic carbocycles. The Morgan fingerprint density at radius 1 is 1.72 bits per heavy atom. The highest BCUT2D eigenvalue weighted by Crippen LogP contribution is 2.24. The van der Waals surface area contributed by atoms with Crippen LogP contribution < -0.4 is 5.32 Å². The van der Waals surface area contributed by atoms with E-state index in [0.717, 1.165) is 38.3 Å². The smallest absolute Gasteiger partial charge is 0.324 e. The molecule has 0 aromatic carbocycles. The molecule has 1 unspecified atom stereocenters. The molecule has 0 saturated carbocycles. The van der Waals surface area contributed by atoms with E-state index in [0.29, 0.717) is 0 Å². The first-order chi connectivity index (χ1) is 8.69. The summed E-state index contributed by atoms with van der Waals surface area (Å²) in [6, 6.07) is 1.66. The Morgan fingerprint density at radius 2 is 2.56 bits per heavy atom. The number of nitro groups is 1. The SMILES string of the molecule is CNCC1CN(Cc2csc([N+](=O)[O-])c2)CCO1. The lowest BCUT2D eigenvalue weighted by Gasteiger charge is -2.32. The standard InChI is InChI=1S/C11H17N3O3S/c1-12-5-10-7-13(2-3-17-10)6-9-4-11(14(15)16)18-8-9/h4,8,10,12H,2-3,5-7H2,1H3. The molecule has 0 amide bonds. The van der Waals surface area contributed by atoms with Gasteiger partial charge in [0, 0.05) is 37.6 Å². The first kappa shape index (κ1) is 13.4. The first-order valence-electron chi connectivity index (χ1n) is 5.89. The van der Waals surface area contributed by atoms with Crippen molar-refractivity contribution >= 4 is 16.3 Å². The van der Waals surface area contributed by atoms with E-state index >= 15 is 0 Å².